The van der Waals surface area contributed by atoms with E-state index >= 15 is 0 Å². The lowest BCUT2D eigenvalue weighted by molar-refractivity contribution is -0.297. The molecule has 0 aromatic carbocycles. The first-order chi connectivity index (χ1) is 28.0. The Morgan fingerprint density at radius 3 is 1.62 bits per heavy atom. The summed E-state index contributed by atoms with van der Waals surface area (Å²) < 4.78 is 53.8. The summed E-state index contributed by atoms with van der Waals surface area (Å²) in [4.78, 5) is 25.2. The summed E-state index contributed by atoms with van der Waals surface area (Å²) in [5.41, 5.74) is 0. The van der Waals surface area contributed by atoms with Gasteiger partial charge >= 0.3 is 11.9 Å². The van der Waals surface area contributed by atoms with E-state index in [9.17, 15) is 37.9 Å². The standard InChI is InChI=1S/C45H80O12S/c1-3-5-7-9-11-13-15-17-19-21-23-25-27-29-31-33-40(46)54-35-38(36-55-45-44(50)43(49)42(48)39(57-45)37-58(51,52)53)56-41(47)34-32-30-28-26-24-22-20-18-16-14-12-10-8-6-4-2/h23,25,28,30,32,34,38-39,42-45,48-50H,3-22,24,26-27,29,31,33,35-37H2,1-2H3,(H,51,52,53)/b25-23+,30-28+,34-32+/t38-,39-,42-,43?,44?,45+/m1/s1. The van der Waals surface area contributed by atoms with Gasteiger partial charge in [-0.15, -0.1) is 0 Å². The number of allylic oxidation sites excluding steroid dienone is 5. The lowest BCUT2D eigenvalue weighted by atomic mass is 10.00. The minimum Gasteiger partial charge on any atom is -0.462 e. The van der Waals surface area contributed by atoms with Crippen LogP contribution >= 0.6 is 0 Å². The highest BCUT2D eigenvalue weighted by atomic mass is 32.2. The molecule has 1 rings (SSSR count). The van der Waals surface area contributed by atoms with Crippen molar-refractivity contribution in [2.24, 2.45) is 0 Å². The molecule has 0 spiro atoms. The molecule has 1 aliphatic heterocycles. The highest BCUT2D eigenvalue weighted by Gasteiger charge is 2.46. The maximum Gasteiger partial charge on any atom is 0.331 e. The van der Waals surface area contributed by atoms with E-state index < -0.39 is 71.2 Å². The average molecular weight is 845 g/mol. The summed E-state index contributed by atoms with van der Waals surface area (Å²) in [6, 6.07) is 0. The number of aliphatic hydroxyl groups excluding tert-OH is 3. The fraction of sp³-hybridized carbons (Fsp3) is 0.822. The molecule has 13 heteroatoms. The van der Waals surface area contributed by atoms with Crippen molar-refractivity contribution in [2.45, 2.75) is 218 Å². The van der Waals surface area contributed by atoms with Crippen molar-refractivity contribution in [3.63, 3.8) is 0 Å². The maximum absolute atomic E-state index is 12.7. The van der Waals surface area contributed by atoms with E-state index in [1.807, 2.05) is 6.08 Å². The third-order valence-corrected chi connectivity index (χ3v) is 11.0. The molecule has 338 valence electrons. The van der Waals surface area contributed by atoms with Gasteiger partial charge in [0.25, 0.3) is 10.1 Å². The first-order valence-corrected chi connectivity index (χ1v) is 24.2. The molecule has 1 heterocycles. The number of unbranched alkanes of at least 4 members (excludes halogenated alkanes) is 22. The van der Waals surface area contributed by atoms with Crippen LogP contribution in [0.3, 0.4) is 0 Å². The minimum atomic E-state index is -4.61. The van der Waals surface area contributed by atoms with Crippen LogP contribution in [0.5, 0.6) is 0 Å². The lowest BCUT2D eigenvalue weighted by Gasteiger charge is -2.40. The first kappa shape index (κ1) is 53.9. The van der Waals surface area contributed by atoms with Gasteiger partial charge in [0.15, 0.2) is 12.4 Å². The minimum absolute atomic E-state index is 0.170. The second kappa shape index (κ2) is 35.6. The Kier molecular flexibility index (Phi) is 33.1. The molecule has 6 atom stereocenters. The van der Waals surface area contributed by atoms with Gasteiger partial charge in [-0.1, -0.05) is 160 Å². The summed E-state index contributed by atoms with van der Waals surface area (Å²) in [5.74, 6) is -2.27. The van der Waals surface area contributed by atoms with Gasteiger partial charge in [0, 0.05) is 12.5 Å². The van der Waals surface area contributed by atoms with Gasteiger partial charge in [0.2, 0.25) is 0 Å². The topological polar surface area (TPSA) is 186 Å². The Balaban J connectivity index is 2.52. The highest BCUT2D eigenvalue weighted by Crippen LogP contribution is 2.24. The largest absolute Gasteiger partial charge is 0.462 e. The Bertz CT molecular complexity index is 1220. The summed E-state index contributed by atoms with van der Waals surface area (Å²) in [6.07, 6.45) is 31.1. The molecule has 58 heavy (non-hydrogen) atoms. The fourth-order valence-electron chi connectivity index (χ4n) is 6.75. The molecule has 0 radical (unpaired) electrons. The Morgan fingerprint density at radius 1 is 0.621 bits per heavy atom. The molecule has 1 fully saturated rings. The van der Waals surface area contributed by atoms with Gasteiger partial charge in [-0.3, -0.25) is 9.35 Å². The van der Waals surface area contributed by atoms with Gasteiger partial charge < -0.3 is 34.3 Å². The van der Waals surface area contributed by atoms with Gasteiger partial charge in [-0.25, -0.2) is 4.79 Å². The van der Waals surface area contributed by atoms with Crippen LogP contribution in [0.25, 0.3) is 0 Å². The van der Waals surface area contributed by atoms with E-state index in [2.05, 4.69) is 26.0 Å². The molecule has 2 unspecified atom stereocenters. The molecule has 0 amide bonds. The van der Waals surface area contributed by atoms with E-state index in [1.165, 1.54) is 122 Å². The average Bonchev–Trinajstić information content (AvgIpc) is 3.18. The van der Waals surface area contributed by atoms with Crippen LogP contribution in [-0.2, 0) is 38.7 Å². The molecule has 4 N–H and O–H groups in total. The fourth-order valence-corrected chi connectivity index (χ4v) is 7.45. The van der Waals surface area contributed by atoms with Gasteiger partial charge in [-0.2, -0.15) is 8.42 Å². The molecule has 0 aromatic rings. The quantitative estimate of drug-likeness (QED) is 0.0116. The van der Waals surface area contributed by atoms with E-state index in [1.54, 1.807) is 12.2 Å². The van der Waals surface area contributed by atoms with Crippen molar-refractivity contribution in [3.8, 4) is 0 Å². The smallest absolute Gasteiger partial charge is 0.331 e. The van der Waals surface area contributed by atoms with Crippen LogP contribution in [0.4, 0.5) is 0 Å². The number of carbonyl (C=O) groups is 2. The molecule has 0 bridgehead atoms. The van der Waals surface area contributed by atoms with Gasteiger partial charge in [-0.05, 0) is 44.9 Å². The van der Waals surface area contributed by atoms with Crippen molar-refractivity contribution in [1.29, 1.82) is 0 Å². The first-order valence-electron chi connectivity index (χ1n) is 22.6. The summed E-state index contributed by atoms with van der Waals surface area (Å²) >= 11 is 0. The molecule has 0 aliphatic carbocycles. The van der Waals surface area contributed by atoms with Gasteiger partial charge in [0.1, 0.15) is 36.8 Å². The molecule has 12 nitrogen and oxygen atoms in total. The molecular weight excluding hydrogens is 765 g/mol. The normalized spacial score (nSPS) is 20.7. The molecular formula is C45H80O12S. The summed E-state index contributed by atoms with van der Waals surface area (Å²) in [6.45, 7) is 3.64. The van der Waals surface area contributed by atoms with Crippen LogP contribution in [0.2, 0.25) is 0 Å². The van der Waals surface area contributed by atoms with Crippen molar-refractivity contribution in [2.75, 3.05) is 19.0 Å². The predicted molar refractivity (Wildman–Crippen MR) is 229 cm³/mol. The van der Waals surface area contributed by atoms with Gasteiger partial charge in [0.05, 0.1) is 6.61 Å². The van der Waals surface area contributed by atoms with E-state index in [4.69, 9.17) is 18.9 Å². The Morgan fingerprint density at radius 2 is 1.10 bits per heavy atom. The SMILES string of the molecule is CCCCCCCCCCC/C=C/CCCCC(=O)OC[C@H](CO[C@H]1O[C@H](CS(=O)(=O)O)[C@@H](O)C(O)C1O)OC(=O)/C=C/C=C/CCCCCCCCCCCCC. The van der Waals surface area contributed by atoms with E-state index in [-0.39, 0.29) is 13.0 Å². The number of rotatable bonds is 37. The number of ether oxygens (including phenoxy) is 4. The zero-order valence-corrected chi connectivity index (χ0v) is 36.7. The monoisotopic (exact) mass is 845 g/mol. The third-order valence-electron chi connectivity index (χ3n) is 10.3. The second-order valence-electron chi connectivity index (χ2n) is 15.8. The third kappa shape index (κ3) is 30.0. The van der Waals surface area contributed by atoms with Crippen molar-refractivity contribution < 1.29 is 56.8 Å². The molecule has 0 saturated carbocycles. The van der Waals surface area contributed by atoms with E-state index in [0.29, 0.717) is 6.42 Å². The number of aliphatic hydroxyl groups is 3. The van der Waals surface area contributed by atoms with Crippen molar-refractivity contribution in [3.05, 3.63) is 36.5 Å². The summed E-state index contributed by atoms with van der Waals surface area (Å²) in [5, 5.41) is 30.8. The Labute approximate surface area is 351 Å². The van der Waals surface area contributed by atoms with Crippen LogP contribution < -0.4 is 0 Å². The number of esters is 2. The second-order valence-corrected chi connectivity index (χ2v) is 17.3. The number of carbonyl (C=O) groups excluding carboxylic acids is 2. The van der Waals surface area contributed by atoms with E-state index in [0.717, 1.165) is 38.5 Å². The zero-order chi connectivity index (χ0) is 42.7. The summed E-state index contributed by atoms with van der Waals surface area (Å²) in [7, 11) is -4.61. The molecule has 0 aromatic heterocycles. The van der Waals surface area contributed by atoms with Crippen LogP contribution in [0.1, 0.15) is 181 Å². The van der Waals surface area contributed by atoms with Crippen LogP contribution in [0.15, 0.2) is 36.5 Å². The van der Waals surface area contributed by atoms with Crippen molar-refractivity contribution >= 4 is 22.1 Å². The zero-order valence-electron chi connectivity index (χ0n) is 35.9. The van der Waals surface area contributed by atoms with Crippen LogP contribution in [-0.4, -0.2) is 96.0 Å². The Hall–Kier alpha value is -2.13. The molecule has 1 saturated heterocycles. The highest BCUT2D eigenvalue weighted by molar-refractivity contribution is 7.85. The van der Waals surface area contributed by atoms with Crippen molar-refractivity contribution in [1.82, 2.24) is 0 Å². The molecule has 1 aliphatic rings. The predicted octanol–water partition coefficient (Wildman–Crippen LogP) is 9.00. The lowest BCUT2D eigenvalue weighted by Crippen LogP contribution is -2.60. The maximum atomic E-state index is 12.7. The number of hydrogen-bond donors (Lipinski definition) is 4. The number of hydrogen-bond acceptors (Lipinski definition) is 11. The van der Waals surface area contributed by atoms with Crippen LogP contribution in [0, 0.1) is 0 Å².